The number of phenolic OH excluding ortho intramolecular Hbond substituents is 1. The molecule has 0 spiro atoms. The number of carbonyl (C=O) groups excluding carboxylic acids is 1. The highest BCUT2D eigenvalue weighted by Crippen LogP contribution is 2.36. The van der Waals surface area contributed by atoms with Crippen LogP contribution in [0, 0.1) is 0 Å². The van der Waals surface area contributed by atoms with Gasteiger partial charge in [-0.25, -0.2) is 0 Å². The maximum Gasteiger partial charge on any atom is 0.573 e. The Balaban J connectivity index is 3.18. The van der Waals surface area contributed by atoms with Crippen molar-refractivity contribution >= 4 is 17.9 Å². The summed E-state index contributed by atoms with van der Waals surface area (Å²) in [6.07, 6.45) is -4.78. The van der Waals surface area contributed by atoms with Gasteiger partial charge in [-0.15, -0.1) is 13.2 Å². The Morgan fingerprint density at radius 2 is 2.00 bits per heavy atom. The second-order valence-electron chi connectivity index (χ2n) is 2.51. The zero-order chi connectivity index (χ0) is 11.6. The molecule has 0 saturated carbocycles. The van der Waals surface area contributed by atoms with Gasteiger partial charge in [0.1, 0.15) is 0 Å². The summed E-state index contributed by atoms with van der Waals surface area (Å²) in [6.45, 7) is 0. The number of carbonyl (C=O) groups is 1. The van der Waals surface area contributed by atoms with Gasteiger partial charge in [-0.1, -0.05) is 11.6 Å². The number of aromatic hydroxyl groups is 1. The van der Waals surface area contributed by atoms with Crippen molar-refractivity contribution in [2.24, 2.45) is 0 Å². The van der Waals surface area contributed by atoms with Crippen LogP contribution in [-0.2, 0) is 0 Å². The molecule has 1 N–H and O–H groups in total. The molecule has 0 aliphatic rings. The quantitative estimate of drug-likeness (QED) is 0.809. The predicted octanol–water partition coefficient (Wildman–Crippen LogP) is 2.76. The van der Waals surface area contributed by atoms with Crippen molar-refractivity contribution in [2.45, 2.75) is 6.36 Å². The normalized spacial score (nSPS) is 11.2. The van der Waals surface area contributed by atoms with E-state index in [1.807, 2.05) is 0 Å². The summed E-state index contributed by atoms with van der Waals surface area (Å²) in [7, 11) is 0. The molecule has 1 rings (SSSR count). The van der Waals surface area contributed by atoms with Crippen LogP contribution in [-0.4, -0.2) is 17.8 Å². The highest BCUT2D eigenvalue weighted by Gasteiger charge is 2.32. The third kappa shape index (κ3) is 3.02. The minimum atomic E-state index is -4.96. The molecule has 0 saturated heterocycles. The van der Waals surface area contributed by atoms with Gasteiger partial charge in [0.05, 0.1) is 5.56 Å². The lowest BCUT2D eigenvalue weighted by atomic mass is 10.2. The molecule has 3 nitrogen and oxygen atoms in total. The zero-order valence-corrected chi connectivity index (χ0v) is 7.76. The number of hydrogen-bond donors (Lipinski definition) is 1. The fraction of sp³-hybridized carbons (Fsp3) is 0.125. The van der Waals surface area contributed by atoms with E-state index in [-0.39, 0.29) is 16.9 Å². The van der Waals surface area contributed by atoms with E-state index >= 15 is 0 Å². The molecule has 0 heterocycles. The standard InChI is InChI=1S/C8H4ClF3O3/c9-5-1-4(3-13)7(14)6(2-5)15-8(10,11)12/h1-3,14H. The Labute approximate surface area is 87.0 Å². The van der Waals surface area contributed by atoms with Gasteiger partial charge >= 0.3 is 6.36 Å². The second kappa shape index (κ2) is 3.98. The summed E-state index contributed by atoms with van der Waals surface area (Å²) in [5, 5.41) is 9.02. The maximum atomic E-state index is 11.8. The molecule has 0 radical (unpaired) electrons. The Hall–Kier alpha value is -1.43. The molecule has 0 amide bonds. The highest BCUT2D eigenvalue weighted by molar-refractivity contribution is 6.31. The van der Waals surface area contributed by atoms with Crippen molar-refractivity contribution in [3.8, 4) is 11.5 Å². The van der Waals surface area contributed by atoms with Crippen molar-refractivity contribution in [2.75, 3.05) is 0 Å². The molecule has 82 valence electrons. The fourth-order valence-corrected chi connectivity index (χ4v) is 1.10. The molecule has 0 aliphatic heterocycles. The number of benzene rings is 1. The average Bonchev–Trinajstić information content (AvgIpc) is 2.08. The Morgan fingerprint density at radius 1 is 1.40 bits per heavy atom. The number of aldehydes is 1. The molecule has 0 fully saturated rings. The monoisotopic (exact) mass is 240 g/mol. The minimum absolute atomic E-state index is 0.144. The van der Waals surface area contributed by atoms with E-state index < -0.39 is 17.9 Å². The molecule has 1 aromatic carbocycles. The van der Waals surface area contributed by atoms with Crippen molar-refractivity contribution in [3.05, 3.63) is 22.7 Å². The molecule has 0 aromatic heterocycles. The number of ether oxygens (including phenoxy) is 1. The highest BCUT2D eigenvalue weighted by atomic mass is 35.5. The molecular weight excluding hydrogens is 237 g/mol. The molecular formula is C8H4ClF3O3. The van der Waals surface area contributed by atoms with E-state index in [9.17, 15) is 18.0 Å². The maximum absolute atomic E-state index is 11.8. The Bertz CT molecular complexity index is 389. The lowest BCUT2D eigenvalue weighted by molar-refractivity contribution is -0.275. The van der Waals surface area contributed by atoms with Gasteiger partial charge in [0.25, 0.3) is 0 Å². The molecule has 0 aliphatic carbocycles. The van der Waals surface area contributed by atoms with Crippen LogP contribution >= 0.6 is 11.6 Å². The number of alkyl halides is 3. The van der Waals surface area contributed by atoms with Crippen molar-refractivity contribution in [1.82, 2.24) is 0 Å². The second-order valence-corrected chi connectivity index (χ2v) is 2.94. The lowest BCUT2D eigenvalue weighted by Gasteiger charge is -2.11. The largest absolute Gasteiger partial charge is 0.573 e. The van der Waals surface area contributed by atoms with Gasteiger partial charge in [-0.05, 0) is 6.07 Å². The summed E-state index contributed by atoms with van der Waals surface area (Å²) in [5.74, 6) is -1.80. The van der Waals surface area contributed by atoms with Crippen LogP contribution in [0.25, 0.3) is 0 Å². The first-order chi connectivity index (χ1) is 6.83. The molecule has 15 heavy (non-hydrogen) atoms. The predicted molar refractivity (Wildman–Crippen MR) is 45.2 cm³/mol. The fourth-order valence-electron chi connectivity index (χ4n) is 0.887. The molecule has 0 atom stereocenters. The molecule has 0 unspecified atom stereocenters. The van der Waals surface area contributed by atoms with E-state index in [0.29, 0.717) is 0 Å². The third-order valence-corrected chi connectivity index (χ3v) is 1.64. The van der Waals surface area contributed by atoms with E-state index in [0.717, 1.165) is 12.1 Å². The van der Waals surface area contributed by atoms with Gasteiger partial charge < -0.3 is 9.84 Å². The van der Waals surface area contributed by atoms with Crippen LogP contribution in [0.4, 0.5) is 13.2 Å². The number of phenols is 1. The van der Waals surface area contributed by atoms with Crippen LogP contribution in [0.3, 0.4) is 0 Å². The van der Waals surface area contributed by atoms with Gasteiger partial charge in [-0.3, -0.25) is 4.79 Å². The number of hydrogen-bond acceptors (Lipinski definition) is 3. The van der Waals surface area contributed by atoms with E-state index in [2.05, 4.69) is 4.74 Å². The van der Waals surface area contributed by atoms with E-state index in [1.165, 1.54) is 0 Å². The Morgan fingerprint density at radius 3 is 2.47 bits per heavy atom. The zero-order valence-electron chi connectivity index (χ0n) is 7.01. The van der Waals surface area contributed by atoms with Crippen LogP contribution in [0.2, 0.25) is 5.02 Å². The minimum Gasteiger partial charge on any atom is -0.504 e. The molecule has 0 bridgehead atoms. The summed E-state index contributed by atoms with van der Waals surface area (Å²) in [4.78, 5) is 10.3. The molecule has 1 aromatic rings. The van der Waals surface area contributed by atoms with Crippen molar-refractivity contribution < 1.29 is 27.8 Å². The first-order valence-corrected chi connectivity index (χ1v) is 3.94. The summed E-state index contributed by atoms with van der Waals surface area (Å²) < 4.78 is 38.9. The van der Waals surface area contributed by atoms with E-state index in [1.54, 1.807) is 0 Å². The number of rotatable bonds is 2. The topological polar surface area (TPSA) is 46.5 Å². The van der Waals surface area contributed by atoms with E-state index in [4.69, 9.17) is 16.7 Å². The van der Waals surface area contributed by atoms with Gasteiger partial charge in [-0.2, -0.15) is 0 Å². The van der Waals surface area contributed by atoms with Gasteiger partial charge in [0.2, 0.25) is 0 Å². The van der Waals surface area contributed by atoms with Crippen molar-refractivity contribution in [1.29, 1.82) is 0 Å². The van der Waals surface area contributed by atoms with Crippen molar-refractivity contribution in [3.63, 3.8) is 0 Å². The number of halogens is 4. The summed E-state index contributed by atoms with van der Waals surface area (Å²) in [5.41, 5.74) is -0.373. The van der Waals surface area contributed by atoms with Crippen LogP contribution in [0.5, 0.6) is 11.5 Å². The average molecular weight is 241 g/mol. The Kier molecular flexibility index (Phi) is 3.09. The van der Waals surface area contributed by atoms with Gasteiger partial charge in [0, 0.05) is 11.1 Å². The summed E-state index contributed by atoms with van der Waals surface area (Å²) in [6, 6.07) is 1.78. The first-order valence-electron chi connectivity index (χ1n) is 3.57. The first kappa shape index (κ1) is 11.6. The lowest BCUT2D eigenvalue weighted by Crippen LogP contribution is -2.17. The van der Waals surface area contributed by atoms with Crippen LogP contribution in [0.1, 0.15) is 10.4 Å². The smallest absolute Gasteiger partial charge is 0.504 e. The van der Waals surface area contributed by atoms with Crippen LogP contribution < -0.4 is 4.74 Å². The SMILES string of the molecule is O=Cc1cc(Cl)cc(OC(F)(F)F)c1O. The van der Waals surface area contributed by atoms with Gasteiger partial charge in [0.15, 0.2) is 17.8 Å². The third-order valence-electron chi connectivity index (χ3n) is 1.42. The molecule has 7 heteroatoms. The summed E-state index contributed by atoms with van der Waals surface area (Å²) >= 11 is 5.41. The van der Waals surface area contributed by atoms with Crippen LogP contribution in [0.15, 0.2) is 12.1 Å².